The van der Waals surface area contributed by atoms with Gasteiger partial charge in [-0.05, 0) is 18.2 Å². The average Bonchev–Trinajstić information content (AvgIpc) is 2.81. The molecule has 5 nitrogen and oxygen atoms in total. The van der Waals surface area contributed by atoms with Gasteiger partial charge in [0.15, 0.2) is 0 Å². The van der Waals surface area contributed by atoms with Crippen LogP contribution in [0.25, 0.3) is 0 Å². The quantitative estimate of drug-likeness (QED) is 0.906. The van der Waals surface area contributed by atoms with Crippen molar-refractivity contribution in [3.05, 3.63) is 35.7 Å². The number of nitrogens with zero attached hydrogens (tertiary/aromatic N) is 3. The molecule has 2 aromatic heterocycles. The van der Waals surface area contributed by atoms with Gasteiger partial charge >= 0.3 is 6.18 Å². The van der Waals surface area contributed by atoms with E-state index in [0.29, 0.717) is 6.54 Å². The van der Waals surface area contributed by atoms with Crippen LogP contribution in [0.3, 0.4) is 0 Å². The zero-order valence-electron chi connectivity index (χ0n) is 11.0. The second-order valence-electron chi connectivity index (χ2n) is 4.21. The third-order valence-corrected chi connectivity index (χ3v) is 2.63. The van der Waals surface area contributed by atoms with Gasteiger partial charge in [0, 0.05) is 20.3 Å². The molecule has 2 N–H and O–H groups in total. The standard InChI is InChI=1S/C12H14F3N5/c1-16-10-5-8(12(13,14)15)6-11(18-10)17-7-9-3-4-20(2)19-9/h3-6H,7H2,1-2H3,(H2,16,17,18). The van der Waals surface area contributed by atoms with Gasteiger partial charge in [-0.3, -0.25) is 4.68 Å². The molecule has 20 heavy (non-hydrogen) atoms. The van der Waals surface area contributed by atoms with Crippen LogP contribution in [-0.4, -0.2) is 21.8 Å². The molecule has 0 fully saturated rings. The van der Waals surface area contributed by atoms with Crippen molar-refractivity contribution in [1.29, 1.82) is 0 Å². The van der Waals surface area contributed by atoms with Crippen molar-refractivity contribution in [2.45, 2.75) is 12.7 Å². The van der Waals surface area contributed by atoms with E-state index in [4.69, 9.17) is 0 Å². The molecule has 2 heterocycles. The SMILES string of the molecule is CNc1cc(C(F)(F)F)cc(NCc2ccn(C)n2)n1. The van der Waals surface area contributed by atoms with E-state index in [1.54, 1.807) is 24.0 Å². The van der Waals surface area contributed by atoms with Crippen molar-refractivity contribution in [3.63, 3.8) is 0 Å². The highest BCUT2D eigenvalue weighted by atomic mass is 19.4. The lowest BCUT2D eigenvalue weighted by atomic mass is 10.2. The normalized spacial score (nSPS) is 11.4. The summed E-state index contributed by atoms with van der Waals surface area (Å²) in [5, 5.41) is 9.57. The van der Waals surface area contributed by atoms with Crippen molar-refractivity contribution < 1.29 is 13.2 Å². The summed E-state index contributed by atoms with van der Waals surface area (Å²) in [6.07, 6.45) is -2.65. The van der Waals surface area contributed by atoms with E-state index in [1.807, 2.05) is 0 Å². The Morgan fingerprint density at radius 2 is 1.95 bits per heavy atom. The van der Waals surface area contributed by atoms with E-state index in [1.165, 1.54) is 7.05 Å². The second kappa shape index (κ2) is 5.40. The summed E-state index contributed by atoms with van der Waals surface area (Å²) < 4.78 is 39.9. The van der Waals surface area contributed by atoms with Crippen LogP contribution in [0.1, 0.15) is 11.3 Å². The highest BCUT2D eigenvalue weighted by molar-refractivity contribution is 5.49. The molecule has 0 unspecified atom stereocenters. The van der Waals surface area contributed by atoms with Crippen LogP contribution in [0.4, 0.5) is 24.8 Å². The number of nitrogens with one attached hydrogen (secondary N) is 2. The molecule has 0 saturated heterocycles. The van der Waals surface area contributed by atoms with Crippen molar-refractivity contribution in [3.8, 4) is 0 Å². The Hall–Kier alpha value is -2.25. The maximum Gasteiger partial charge on any atom is 0.416 e. The van der Waals surface area contributed by atoms with E-state index in [9.17, 15) is 13.2 Å². The molecule has 0 aromatic carbocycles. The largest absolute Gasteiger partial charge is 0.416 e. The molecule has 0 amide bonds. The number of alkyl halides is 3. The summed E-state index contributed by atoms with van der Waals surface area (Å²) in [5.74, 6) is 0.304. The molecule has 2 rings (SSSR count). The number of hydrogen-bond donors (Lipinski definition) is 2. The smallest absolute Gasteiger partial charge is 0.373 e. The summed E-state index contributed by atoms with van der Waals surface area (Å²) in [7, 11) is 3.29. The maximum atomic E-state index is 12.8. The van der Waals surface area contributed by atoms with Crippen LogP contribution >= 0.6 is 0 Å². The molecule has 0 radical (unpaired) electrons. The highest BCUT2D eigenvalue weighted by Crippen LogP contribution is 2.32. The fourth-order valence-electron chi connectivity index (χ4n) is 1.65. The molecule has 0 bridgehead atoms. The number of rotatable bonds is 4. The lowest BCUT2D eigenvalue weighted by Gasteiger charge is -2.12. The van der Waals surface area contributed by atoms with Crippen molar-refractivity contribution in [2.75, 3.05) is 17.7 Å². The van der Waals surface area contributed by atoms with E-state index < -0.39 is 11.7 Å². The zero-order valence-corrected chi connectivity index (χ0v) is 11.0. The molecule has 0 aliphatic carbocycles. The van der Waals surface area contributed by atoms with E-state index >= 15 is 0 Å². The zero-order chi connectivity index (χ0) is 14.8. The molecular formula is C12H14F3N5. The third-order valence-electron chi connectivity index (χ3n) is 2.63. The number of hydrogen-bond acceptors (Lipinski definition) is 4. The number of aromatic nitrogens is 3. The van der Waals surface area contributed by atoms with Gasteiger partial charge in [0.05, 0.1) is 17.8 Å². The monoisotopic (exact) mass is 285 g/mol. The van der Waals surface area contributed by atoms with Crippen LogP contribution < -0.4 is 10.6 Å². The first-order valence-corrected chi connectivity index (χ1v) is 5.88. The molecule has 2 aromatic rings. The molecular weight excluding hydrogens is 271 g/mol. The summed E-state index contributed by atoms with van der Waals surface area (Å²) >= 11 is 0. The Balaban J connectivity index is 2.18. The highest BCUT2D eigenvalue weighted by Gasteiger charge is 2.31. The molecule has 0 aliphatic heterocycles. The van der Waals surface area contributed by atoms with Gasteiger partial charge in [0.2, 0.25) is 0 Å². The van der Waals surface area contributed by atoms with Crippen LogP contribution in [0.2, 0.25) is 0 Å². The van der Waals surface area contributed by atoms with Gasteiger partial charge in [-0.2, -0.15) is 18.3 Å². The second-order valence-corrected chi connectivity index (χ2v) is 4.21. The van der Waals surface area contributed by atoms with Crippen LogP contribution in [0, 0.1) is 0 Å². The molecule has 8 heteroatoms. The van der Waals surface area contributed by atoms with Crippen molar-refractivity contribution in [1.82, 2.24) is 14.8 Å². The first kappa shape index (κ1) is 14.2. The molecule has 0 aliphatic rings. The Morgan fingerprint density at radius 1 is 1.25 bits per heavy atom. The van der Waals surface area contributed by atoms with E-state index in [0.717, 1.165) is 17.8 Å². The van der Waals surface area contributed by atoms with Gasteiger partial charge in [-0.25, -0.2) is 4.98 Å². The minimum absolute atomic E-state index is 0.148. The summed E-state index contributed by atoms with van der Waals surface area (Å²) in [5.41, 5.74) is -0.0295. The fourth-order valence-corrected chi connectivity index (χ4v) is 1.65. The first-order valence-electron chi connectivity index (χ1n) is 5.88. The lowest BCUT2D eigenvalue weighted by Crippen LogP contribution is -2.10. The summed E-state index contributed by atoms with van der Waals surface area (Å²) in [6.45, 7) is 0.304. The molecule has 0 saturated carbocycles. The maximum absolute atomic E-state index is 12.8. The Labute approximate surface area is 113 Å². The minimum atomic E-state index is -4.41. The van der Waals surface area contributed by atoms with Gasteiger partial charge < -0.3 is 10.6 Å². The predicted octanol–water partition coefficient (Wildman–Crippen LogP) is 2.49. The third kappa shape index (κ3) is 3.40. The Morgan fingerprint density at radius 3 is 2.50 bits per heavy atom. The number of aryl methyl sites for hydroxylation is 1. The van der Waals surface area contributed by atoms with E-state index in [-0.39, 0.29) is 11.6 Å². The number of anilines is 2. The molecule has 0 atom stereocenters. The van der Waals surface area contributed by atoms with Gasteiger partial charge in [0.1, 0.15) is 11.6 Å². The molecule has 0 spiro atoms. The predicted molar refractivity (Wildman–Crippen MR) is 69.3 cm³/mol. The lowest BCUT2D eigenvalue weighted by molar-refractivity contribution is -0.137. The summed E-state index contributed by atoms with van der Waals surface area (Å²) in [4.78, 5) is 4.03. The average molecular weight is 285 g/mol. The topological polar surface area (TPSA) is 54.8 Å². The van der Waals surface area contributed by atoms with E-state index in [2.05, 4.69) is 20.7 Å². The molecule has 108 valence electrons. The Bertz CT molecular complexity index is 591. The first-order chi connectivity index (χ1) is 9.38. The van der Waals surface area contributed by atoms with Crippen molar-refractivity contribution in [2.24, 2.45) is 7.05 Å². The fraction of sp³-hybridized carbons (Fsp3) is 0.333. The minimum Gasteiger partial charge on any atom is -0.373 e. The van der Waals surface area contributed by atoms with Gasteiger partial charge in [-0.1, -0.05) is 0 Å². The van der Waals surface area contributed by atoms with Crippen molar-refractivity contribution >= 4 is 11.6 Å². The van der Waals surface area contributed by atoms with Gasteiger partial charge in [-0.15, -0.1) is 0 Å². The Kier molecular flexibility index (Phi) is 3.82. The van der Waals surface area contributed by atoms with Gasteiger partial charge in [0.25, 0.3) is 0 Å². The number of halogens is 3. The van der Waals surface area contributed by atoms with Crippen LogP contribution in [0.15, 0.2) is 24.4 Å². The van der Waals surface area contributed by atoms with Crippen LogP contribution in [0.5, 0.6) is 0 Å². The number of pyridine rings is 1. The summed E-state index contributed by atoms with van der Waals surface area (Å²) in [6, 6.07) is 3.72. The van der Waals surface area contributed by atoms with Crippen LogP contribution in [-0.2, 0) is 19.8 Å².